The molecule has 0 aliphatic rings. The van der Waals surface area contributed by atoms with Gasteiger partial charge in [-0.3, -0.25) is 0 Å². The molecule has 0 aliphatic heterocycles. The number of nitrogens with zero attached hydrogens (tertiary/aromatic N) is 2. The van der Waals surface area contributed by atoms with Gasteiger partial charge in [0.25, 0.3) is 0 Å². The minimum absolute atomic E-state index is 0.401. The van der Waals surface area contributed by atoms with E-state index in [1.54, 1.807) is 17.9 Å². The molecule has 0 amide bonds. The van der Waals surface area contributed by atoms with Crippen molar-refractivity contribution in [3.63, 3.8) is 0 Å². The zero-order valence-electron chi connectivity index (χ0n) is 8.65. The number of benzene rings is 1. The summed E-state index contributed by atoms with van der Waals surface area (Å²) in [4.78, 5) is 0. The molecule has 1 aromatic heterocycles. The molecule has 2 rings (SSSR count). The summed E-state index contributed by atoms with van der Waals surface area (Å²) in [5.41, 5.74) is 1.72. The van der Waals surface area contributed by atoms with E-state index in [1.165, 1.54) is 0 Å². The smallest absolute Gasteiger partial charge is 0.139 e. The molecular weight excluding hydrogens is 247 g/mol. The molecule has 0 aliphatic carbocycles. The molecule has 2 aromatic rings. The number of hydrogen-bond donors (Lipinski definition) is 0. The average molecular weight is 257 g/mol. The predicted octanol–water partition coefficient (Wildman–Crippen LogP) is 3.27. The van der Waals surface area contributed by atoms with Crippen LogP contribution in [0, 0.1) is 0 Å². The maximum absolute atomic E-state index is 5.94. The lowest BCUT2D eigenvalue weighted by molar-refractivity contribution is 0.414. The lowest BCUT2D eigenvalue weighted by Crippen LogP contribution is -1.96. The SMILES string of the molecule is COc1cc(-n2ccc(CCl)n2)ccc1Cl. The average Bonchev–Trinajstić information content (AvgIpc) is 2.78. The summed E-state index contributed by atoms with van der Waals surface area (Å²) >= 11 is 11.6. The van der Waals surface area contributed by atoms with Crippen molar-refractivity contribution < 1.29 is 4.74 Å². The number of rotatable bonds is 3. The van der Waals surface area contributed by atoms with Gasteiger partial charge in [-0.25, -0.2) is 4.68 Å². The summed E-state index contributed by atoms with van der Waals surface area (Å²) in [6.45, 7) is 0. The standard InChI is InChI=1S/C11H10Cl2N2O/c1-16-11-6-9(2-3-10(11)13)15-5-4-8(7-12)14-15/h2-6H,7H2,1H3. The molecule has 0 spiro atoms. The summed E-state index contributed by atoms with van der Waals surface area (Å²) in [6.07, 6.45) is 1.85. The highest BCUT2D eigenvalue weighted by Crippen LogP contribution is 2.26. The molecule has 0 fully saturated rings. The van der Waals surface area contributed by atoms with E-state index in [2.05, 4.69) is 5.10 Å². The van der Waals surface area contributed by atoms with Crippen molar-refractivity contribution in [3.8, 4) is 11.4 Å². The van der Waals surface area contributed by atoms with Gasteiger partial charge in [0, 0.05) is 12.3 Å². The van der Waals surface area contributed by atoms with Crippen LogP contribution in [-0.2, 0) is 5.88 Å². The van der Waals surface area contributed by atoms with E-state index >= 15 is 0 Å². The number of aromatic nitrogens is 2. The zero-order chi connectivity index (χ0) is 11.5. The van der Waals surface area contributed by atoms with Gasteiger partial charge in [0.15, 0.2) is 0 Å². The van der Waals surface area contributed by atoms with Crippen LogP contribution in [0.25, 0.3) is 5.69 Å². The zero-order valence-corrected chi connectivity index (χ0v) is 10.2. The number of methoxy groups -OCH3 is 1. The molecule has 0 atom stereocenters. The topological polar surface area (TPSA) is 27.1 Å². The molecule has 1 heterocycles. The van der Waals surface area contributed by atoms with Crippen LogP contribution in [0.1, 0.15) is 5.69 Å². The molecule has 0 saturated heterocycles. The van der Waals surface area contributed by atoms with Crippen LogP contribution in [0.5, 0.6) is 5.75 Å². The summed E-state index contributed by atoms with van der Waals surface area (Å²) in [5, 5.41) is 4.87. The molecule has 1 aromatic carbocycles. The third kappa shape index (κ3) is 2.15. The van der Waals surface area contributed by atoms with Crippen LogP contribution in [0.3, 0.4) is 0 Å². The maximum atomic E-state index is 5.94. The second-order valence-corrected chi connectivity index (χ2v) is 3.88. The molecule has 0 bridgehead atoms. The first-order chi connectivity index (χ1) is 7.74. The fourth-order valence-corrected chi connectivity index (χ4v) is 1.70. The molecule has 0 N–H and O–H groups in total. The molecule has 16 heavy (non-hydrogen) atoms. The normalized spacial score (nSPS) is 10.4. The van der Waals surface area contributed by atoms with Crippen molar-refractivity contribution in [3.05, 3.63) is 41.2 Å². The molecule has 0 unspecified atom stereocenters. The Bertz CT molecular complexity index is 496. The Morgan fingerprint density at radius 3 is 2.81 bits per heavy atom. The summed E-state index contributed by atoms with van der Waals surface area (Å²) in [5.74, 6) is 1.03. The second-order valence-electron chi connectivity index (χ2n) is 3.20. The van der Waals surface area contributed by atoms with Gasteiger partial charge in [-0.15, -0.1) is 11.6 Å². The van der Waals surface area contributed by atoms with Crippen molar-refractivity contribution in [2.75, 3.05) is 7.11 Å². The number of hydrogen-bond acceptors (Lipinski definition) is 2. The molecule has 5 heteroatoms. The Labute approximate surface area is 104 Å². The maximum Gasteiger partial charge on any atom is 0.139 e. The van der Waals surface area contributed by atoms with Gasteiger partial charge in [0.2, 0.25) is 0 Å². The third-order valence-electron chi connectivity index (χ3n) is 2.18. The van der Waals surface area contributed by atoms with Gasteiger partial charge in [0.1, 0.15) is 5.75 Å². The highest BCUT2D eigenvalue weighted by atomic mass is 35.5. The first-order valence-corrected chi connectivity index (χ1v) is 5.60. The number of halogens is 2. The van der Waals surface area contributed by atoms with Gasteiger partial charge in [-0.2, -0.15) is 5.10 Å². The lowest BCUT2D eigenvalue weighted by atomic mass is 10.3. The first kappa shape index (κ1) is 11.3. The Hall–Kier alpha value is -1.19. The summed E-state index contributed by atoms with van der Waals surface area (Å²) in [7, 11) is 1.58. The molecule has 0 radical (unpaired) electrons. The van der Waals surface area contributed by atoms with Crippen LogP contribution in [-0.4, -0.2) is 16.9 Å². The highest BCUT2D eigenvalue weighted by Gasteiger charge is 2.05. The summed E-state index contributed by atoms with van der Waals surface area (Å²) in [6, 6.07) is 7.34. The minimum atomic E-state index is 0.401. The number of ether oxygens (including phenoxy) is 1. The Morgan fingerprint density at radius 1 is 1.38 bits per heavy atom. The van der Waals surface area contributed by atoms with E-state index in [9.17, 15) is 0 Å². The Kier molecular flexibility index (Phi) is 3.36. The van der Waals surface area contributed by atoms with Crippen LogP contribution in [0.15, 0.2) is 30.5 Å². The van der Waals surface area contributed by atoms with Crippen molar-refractivity contribution in [1.82, 2.24) is 9.78 Å². The third-order valence-corrected chi connectivity index (χ3v) is 2.77. The Balaban J connectivity index is 2.40. The first-order valence-electron chi connectivity index (χ1n) is 4.69. The molecular formula is C11H10Cl2N2O. The highest BCUT2D eigenvalue weighted by molar-refractivity contribution is 6.32. The lowest BCUT2D eigenvalue weighted by Gasteiger charge is -2.06. The van der Waals surface area contributed by atoms with E-state index in [-0.39, 0.29) is 0 Å². The van der Waals surface area contributed by atoms with E-state index in [0.717, 1.165) is 11.4 Å². The largest absolute Gasteiger partial charge is 0.495 e. The van der Waals surface area contributed by atoms with E-state index in [0.29, 0.717) is 16.7 Å². The van der Waals surface area contributed by atoms with Gasteiger partial charge < -0.3 is 4.74 Å². The van der Waals surface area contributed by atoms with Gasteiger partial charge in [-0.05, 0) is 18.2 Å². The Morgan fingerprint density at radius 2 is 2.19 bits per heavy atom. The predicted molar refractivity (Wildman–Crippen MR) is 64.7 cm³/mol. The van der Waals surface area contributed by atoms with Crippen LogP contribution >= 0.6 is 23.2 Å². The van der Waals surface area contributed by atoms with E-state index in [4.69, 9.17) is 27.9 Å². The van der Waals surface area contributed by atoms with Crippen molar-refractivity contribution in [1.29, 1.82) is 0 Å². The van der Waals surface area contributed by atoms with Crippen molar-refractivity contribution >= 4 is 23.2 Å². The van der Waals surface area contributed by atoms with E-state index < -0.39 is 0 Å². The molecule has 3 nitrogen and oxygen atoms in total. The van der Waals surface area contributed by atoms with Crippen LogP contribution < -0.4 is 4.74 Å². The van der Waals surface area contributed by atoms with E-state index in [1.807, 2.05) is 24.4 Å². The fraction of sp³-hybridized carbons (Fsp3) is 0.182. The number of alkyl halides is 1. The second kappa shape index (κ2) is 4.76. The fourth-order valence-electron chi connectivity index (χ4n) is 1.37. The van der Waals surface area contributed by atoms with Gasteiger partial charge >= 0.3 is 0 Å². The van der Waals surface area contributed by atoms with Gasteiger partial charge in [-0.1, -0.05) is 11.6 Å². The van der Waals surface area contributed by atoms with Crippen molar-refractivity contribution in [2.45, 2.75) is 5.88 Å². The minimum Gasteiger partial charge on any atom is -0.495 e. The van der Waals surface area contributed by atoms with Crippen molar-refractivity contribution in [2.24, 2.45) is 0 Å². The molecule has 84 valence electrons. The van der Waals surface area contributed by atoms with Crippen LogP contribution in [0.2, 0.25) is 5.02 Å². The quantitative estimate of drug-likeness (QED) is 0.789. The van der Waals surface area contributed by atoms with Gasteiger partial charge in [0.05, 0.1) is 29.4 Å². The van der Waals surface area contributed by atoms with Crippen LogP contribution in [0.4, 0.5) is 0 Å². The molecule has 0 saturated carbocycles. The summed E-state index contributed by atoms with van der Waals surface area (Å²) < 4.78 is 6.87. The monoisotopic (exact) mass is 256 g/mol.